The second-order valence-electron chi connectivity index (χ2n) is 6.39. The molecule has 132 valence electrons. The molecule has 0 bridgehead atoms. The smallest absolute Gasteiger partial charge is 0.279 e. The quantitative estimate of drug-likeness (QED) is 0.625. The van der Waals surface area contributed by atoms with Crippen molar-refractivity contribution < 1.29 is 14.6 Å². The van der Waals surface area contributed by atoms with Crippen molar-refractivity contribution >= 4 is 17.3 Å². The molecular formula is C19H24N3O3+. The number of non-ortho nitro benzene ring substituents is 1. The SMILES string of the molecule is Cc1cccc(NC(=O)C[NH+](C)[C@@H](C)c2cccc([N+](=O)[O-])c2)c1C. The van der Waals surface area contributed by atoms with Crippen LogP contribution in [0.25, 0.3) is 0 Å². The van der Waals surface area contributed by atoms with Gasteiger partial charge in [0, 0.05) is 23.4 Å². The zero-order chi connectivity index (χ0) is 18.6. The number of nitrogens with zero attached hydrogens (tertiary/aromatic N) is 1. The lowest BCUT2D eigenvalue weighted by atomic mass is 10.1. The van der Waals surface area contributed by atoms with E-state index in [1.165, 1.54) is 6.07 Å². The van der Waals surface area contributed by atoms with E-state index in [0.29, 0.717) is 0 Å². The molecule has 0 fully saturated rings. The molecular weight excluding hydrogens is 318 g/mol. The fraction of sp³-hybridized carbons (Fsp3) is 0.316. The molecule has 1 unspecified atom stereocenters. The molecule has 0 aromatic heterocycles. The molecule has 2 aromatic carbocycles. The first-order valence-corrected chi connectivity index (χ1v) is 8.22. The molecule has 2 rings (SSSR count). The van der Waals surface area contributed by atoms with E-state index in [0.717, 1.165) is 27.3 Å². The topological polar surface area (TPSA) is 76.7 Å². The lowest BCUT2D eigenvalue weighted by Crippen LogP contribution is -3.10. The van der Waals surface area contributed by atoms with E-state index in [4.69, 9.17) is 0 Å². The first-order chi connectivity index (χ1) is 11.8. The van der Waals surface area contributed by atoms with Crippen LogP contribution >= 0.6 is 0 Å². The number of benzene rings is 2. The van der Waals surface area contributed by atoms with E-state index in [1.54, 1.807) is 12.1 Å². The lowest BCUT2D eigenvalue weighted by molar-refractivity contribution is -0.902. The number of hydrogen-bond acceptors (Lipinski definition) is 3. The zero-order valence-electron chi connectivity index (χ0n) is 15.0. The summed E-state index contributed by atoms with van der Waals surface area (Å²) in [5, 5.41) is 13.9. The predicted molar refractivity (Wildman–Crippen MR) is 97.8 cm³/mol. The molecule has 2 atom stereocenters. The summed E-state index contributed by atoms with van der Waals surface area (Å²) in [6, 6.07) is 12.3. The van der Waals surface area contributed by atoms with Gasteiger partial charge in [0.15, 0.2) is 6.54 Å². The van der Waals surface area contributed by atoms with E-state index in [-0.39, 0.29) is 24.2 Å². The normalized spacial score (nSPS) is 13.1. The molecule has 0 aliphatic carbocycles. The molecule has 6 nitrogen and oxygen atoms in total. The maximum Gasteiger partial charge on any atom is 0.279 e. The van der Waals surface area contributed by atoms with Gasteiger partial charge in [0.25, 0.3) is 11.6 Å². The van der Waals surface area contributed by atoms with Crippen LogP contribution in [-0.2, 0) is 4.79 Å². The largest absolute Gasteiger partial charge is 0.324 e. The summed E-state index contributed by atoms with van der Waals surface area (Å²) < 4.78 is 0. The van der Waals surface area contributed by atoms with Gasteiger partial charge in [0.2, 0.25) is 0 Å². The number of aryl methyl sites for hydroxylation is 1. The number of anilines is 1. The number of likely N-dealkylation sites (N-methyl/N-ethyl adjacent to an activating group) is 1. The number of nitrogens with one attached hydrogen (secondary N) is 2. The molecule has 0 saturated heterocycles. The molecule has 0 heterocycles. The van der Waals surface area contributed by atoms with Crippen LogP contribution in [0, 0.1) is 24.0 Å². The number of quaternary nitrogens is 1. The van der Waals surface area contributed by atoms with Crippen LogP contribution in [0.1, 0.15) is 29.7 Å². The van der Waals surface area contributed by atoms with Gasteiger partial charge in [-0.25, -0.2) is 0 Å². The van der Waals surface area contributed by atoms with Gasteiger partial charge in [-0.2, -0.15) is 0 Å². The minimum Gasteiger partial charge on any atom is -0.324 e. The van der Waals surface area contributed by atoms with E-state index in [1.807, 2.05) is 52.1 Å². The number of carbonyl (C=O) groups excluding carboxylic acids is 1. The van der Waals surface area contributed by atoms with Crippen LogP contribution in [0.15, 0.2) is 42.5 Å². The van der Waals surface area contributed by atoms with Gasteiger partial charge < -0.3 is 10.2 Å². The molecule has 0 radical (unpaired) electrons. The summed E-state index contributed by atoms with van der Waals surface area (Å²) in [5.41, 5.74) is 3.91. The first kappa shape index (κ1) is 18.6. The van der Waals surface area contributed by atoms with Crippen LogP contribution in [-0.4, -0.2) is 24.4 Å². The second kappa shape index (κ2) is 7.90. The molecule has 2 N–H and O–H groups in total. The summed E-state index contributed by atoms with van der Waals surface area (Å²) in [7, 11) is 1.91. The Morgan fingerprint density at radius 1 is 1.24 bits per heavy atom. The third kappa shape index (κ3) is 4.64. The average Bonchev–Trinajstić information content (AvgIpc) is 2.58. The van der Waals surface area contributed by atoms with Crippen molar-refractivity contribution in [3.05, 3.63) is 69.3 Å². The number of carbonyl (C=O) groups is 1. The summed E-state index contributed by atoms with van der Waals surface area (Å²) in [6.07, 6.45) is 0. The highest BCUT2D eigenvalue weighted by molar-refractivity contribution is 5.92. The number of hydrogen-bond donors (Lipinski definition) is 2. The van der Waals surface area contributed by atoms with Gasteiger partial charge in [-0.15, -0.1) is 0 Å². The second-order valence-corrected chi connectivity index (χ2v) is 6.39. The van der Waals surface area contributed by atoms with Crippen molar-refractivity contribution in [2.24, 2.45) is 0 Å². The predicted octanol–water partition coefficient (Wildman–Crippen LogP) is 2.43. The molecule has 0 aliphatic rings. The van der Waals surface area contributed by atoms with E-state index in [9.17, 15) is 14.9 Å². The van der Waals surface area contributed by atoms with Crippen molar-refractivity contribution in [3.63, 3.8) is 0 Å². The minimum atomic E-state index is -0.404. The fourth-order valence-corrected chi connectivity index (χ4v) is 2.68. The zero-order valence-corrected chi connectivity index (χ0v) is 15.0. The minimum absolute atomic E-state index is 0.0377. The Hall–Kier alpha value is -2.73. The highest BCUT2D eigenvalue weighted by Gasteiger charge is 2.20. The van der Waals surface area contributed by atoms with Crippen molar-refractivity contribution in [3.8, 4) is 0 Å². The fourth-order valence-electron chi connectivity index (χ4n) is 2.68. The highest BCUT2D eigenvalue weighted by Crippen LogP contribution is 2.18. The molecule has 1 amide bonds. The van der Waals surface area contributed by atoms with Gasteiger partial charge in [0.1, 0.15) is 6.04 Å². The van der Waals surface area contributed by atoms with E-state index < -0.39 is 4.92 Å². The Morgan fingerprint density at radius 2 is 1.92 bits per heavy atom. The van der Waals surface area contributed by atoms with Crippen molar-refractivity contribution in [2.75, 3.05) is 18.9 Å². The van der Waals surface area contributed by atoms with Gasteiger partial charge in [-0.1, -0.05) is 24.3 Å². The molecule has 2 aromatic rings. The van der Waals surface area contributed by atoms with Crippen LogP contribution in [0.2, 0.25) is 0 Å². The Morgan fingerprint density at radius 3 is 2.60 bits per heavy atom. The lowest BCUT2D eigenvalue weighted by Gasteiger charge is -2.21. The standard InChI is InChI=1S/C19H23N3O3/c1-13-7-5-10-18(14(13)2)20-19(23)12-21(4)15(3)16-8-6-9-17(11-16)22(24)25/h5-11,15H,12H2,1-4H3,(H,20,23)/p+1/t15-/m0/s1. The van der Waals surface area contributed by atoms with Gasteiger partial charge in [-0.3, -0.25) is 14.9 Å². The summed E-state index contributed by atoms with van der Waals surface area (Å²) >= 11 is 0. The summed E-state index contributed by atoms with van der Waals surface area (Å²) in [4.78, 5) is 23.8. The van der Waals surface area contributed by atoms with Crippen LogP contribution in [0.5, 0.6) is 0 Å². The van der Waals surface area contributed by atoms with Gasteiger partial charge in [-0.05, 0) is 38.0 Å². The van der Waals surface area contributed by atoms with Crippen molar-refractivity contribution in [1.29, 1.82) is 0 Å². The maximum atomic E-state index is 12.4. The Kier molecular flexibility index (Phi) is 5.88. The molecule has 0 saturated carbocycles. The average molecular weight is 342 g/mol. The summed E-state index contributed by atoms with van der Waals surface area (Å²) in [5.74, 6) is -0.0801. The monoisotopic (exact) mass is 342 g/mol. The van der Waals surface area contributed by atoms with Crippen molar-refractivity contribution in [2.45, 2.75) is 26.8 Å². The highest BCUT2D eigenvalue weighted by atomic mass is 16.6. The van der Waals surface area contributed by atoms with Gasteiger partial charge >= 0.3 is 0 Å². The summed E-state index contributed by atoms with van der Waals surface area (Å²) in [6.45, 7) is 6.22. The molecule has 6 heteroatoms. The number of rotatable bonds is 6. The molecule has 0 aliphatic heterocycles. The van der Waals surface area contributed by atoms with Crippen LogP contribution in [0.3, 0.4) is 0 Å². The van der Waals surface area contributed by atoms with Gasteiger partial charge in [0.05, 0.1) is 12.0 Å². The third-order valence-electron chi connectivity index (χ3n) is 4.64. The van der Waals surface area contributed by atoms with Crippen molar-refractivity contribution in [1.82, 2.24) is 0 Å². The molecule has 25 heavy (non-hydrogen) atoms. The van der Waals surface area contributed by atoms with Crippen LogP contribution < -0.4 is 10.2 Å². The number of nitro benzene ring substituents is 1. The van der Waals surface area contributed by atoms with Crippen LogP contribution in [0.4, 0.5) is 11.4 Å². The Balaban J connectivity index is 2.04. The van der Waals surface area contributed by atoms with E-state index >= 15 is 0 Å². The maximum absolute atomic E-state index is 12.4. The number of nitro groups is 1. The molecule has 0 spiro atoms. The Bertz CT molecular complexity index is 789. The first-order valence-electron chi connectivity index (χ1n) is 8.22. The Labute approximate surface area is 147 Å². The third-order valence-corrected chi connectivity index (χ3v) is 4.64. The number of amides is 1. The van der Waals surface area contributed by atoms with E-state index in [2.05, 4.69) is 5.32 Å².